The average Bonchev–Trinajstić information content (AvgIpc) is 3.93. The molecule has 0 spiro atoms. The number of hydrogen-bond acceptors (Lipinski definition) is 0. The highest BCUT2D eigenvalue weighted by atomic mass is 15.0. The Morgan fingerprint density at radius 1 is 0.367 bits per heavy atom. The van der Waals surface area contributed by atoms with Crippen molar-refractivity contribution in [3.05, 3.63) is 217 Å². The van der Waals surface area contributed by atoms with Crippen molar-refractivity contribution in [2.24, 2.45) is 0 Å². The maximum absolute atomic E-state index is 2.51. The summed E-state index contributed by atoms with van der Waals surface area (Å²) in [6.07, 6.45) is 4.86. The Hall–Kier alpha value is -7.62. The summed E-state index contributed by atoms with van der Waals surface area (Å²) in [5.41, 5.74) is 13.7. The lowest BCUT2D eigenvalue weighted by atomic mass is 9.78. The third kappa shape index (κ3) is 4.66. The van der Waals surface area contributed by atoms with Crippen molar-refractivity contribution in [1.29, 1.82) is 0 Å². The highest BCUT2D eigenvalue weighted by Gasteiger charge is 2.31. The molecule has 3 nitrogen and oxygen atoms in total. The minimum absolute atomic E-state index is 0.198. The van der Waals surface area contributed by atoms with Gasteiger partial charge in [0.2, 0.25) is 0 Å². The quantitative estimate of drug-likeness (QED) is 0.169. The van der Waals surface area contributed by atoms with Gasteiger partial charge in [0.1, 0.15) is 0 Å². The molecule has 0 aliphatic heterocycles. The molecule has 1 aliphatic rings. The molecule has 3 heteroatoms. The van der Waals surface area contributed by atoms with Crippen molar-refractivity contribution in [2.75, 3.05) is 0 Å². The van der Waals surface area contributed by atoms with Crippen LogP contribution in [0.3, 0.4) is 0 Å². The van der Waals surface area contributed by atoms with Gasteiger partial charge in [-0.3, -0.25) is 0 Å². The van der Waals surface area contributed by atoms with Gasteiger partial charge in [0.05, 0.1) is 44.7 Å². The zero-order valence-corrected chi connectivity index (χ0v) is 33.1. The fourth-order valence-corrected chi connectivity index (χ4v) is 10.8. The summed E-state index contributed by atoms with van der Waals surface area (Å²) in [7, 11) is 0. The van der Waals surface area contributed by atoms with Crippen LogP contribution in [0.25, 0.3) is 99.2 Å². The molecular formula is C57H39N3. The van der Waals surface area contributed by atoms with Crippen LogP contribution in [-0.4, -0.2) is 13.7 Å². The van der Waals surface area contributed by atoms with Crippen LogP contribution >= 0.6 is 0 Å². The predicted octanol–water partition coefficient (Wildman–Crippen LogP) is 15.0. The van der Waals surface area contributed by atoms with Gasteiger partial charge in [0.15, 0.2) is 0 Å². The molecule has 2 atom stereocenters. The smallest absolute Gasteiger partial charge is 0.0549 e. The number of allylic oxidation sites excluding steroid dienone is 1. The summed E-state index contributed by atoms with van der Waals surface area (Å²) in [5.74, 6) is 0.450. The molecule has 60 heavy (non-hydrogen) atoms. The van der Waals surface area contributed by atoms with Crippen molar-refractivity contribution in [1.82, 2.24) is 13.7 Å². The second kappa shape index (κ2) is 12.7. The van der Waals surface area contributed by atoms with Crippen LogP contribution in [0.15, 0.2) is 200 Å². The first-order valence-electron chi connectivity index (χ1n) is 21.1. The lowest BCUT2D eigenvalue weighted by molar-refractivity contribution is 0.672. The van der Waals surface area contributed by atoms with E-state index in [4.69, 9.17) is 0 Å². The molecule has 0 saturated carbocycles. The molecule has 0 radical (unpaired) electrons. The number of fused-ring (bicyclic) bond motifs is 11. The fraction of sp³-hybridized carbons (Fsp3) is 0.0526. The van der Waals surface area contributed by atoms with E-state index >= 15 is 0 Å². The van der Waals surface area contributed by atoms with Gasteiger partial charge in [-0.05, 0) is 94.6 Å². The Balaban J connectivity index is 1.06. The first-order valence-corrected chi connectivity index (χ1v) is 21.1. The fourth-order valence-electron chi connectivity index (χ4n) is 10.8. The van der Waals surface area contributed by atoms with E-state index in [0.29, 0.717) is 0 Å². The van der Waals surface area contributed by atoms with E-state index in [1.165, 1.54) is 110 Å². The highest BCUT2D eigenvalue weighted by molar-refractivity contribution is 6.19. The Bertz CT molecular complexity index is 3730. The van der Waals surface area contributed by atoms with Gasteiger partial charge in [-0.1, -0.05) is 146 Å². The molecule has 1 aliphatic carbocycles. The molecular weight excluding hydrogens is 727 g/mol. The minimum atomic E-state index is 0.198. The normalized spacial score (nSPS) is 15.3. The van der Waals surface area contributed by atoms with Gasteiger partial charge in [0, 0.05) is 49.3 Å². The molecule has 0 amide bonds. The summed E-state index contributed by atoms with van der Waals surface area (Å²) in [6.45, 7) is 2.43. The van der Waals surface area contributed by atoms with Crippen LogP contribution in [-0.2, 0) is 0 Å². The van der Waals surface area contributed by atoms with Crippen LogP contribution in [0.2, 0.25) is 0 Å². The number of para-hydroxylation sites is 3. The molecule has 9 aromatic carbocycles. The number of nitrogens with zero attached hydrogens (tertiary/aromatic N) is 3. The zero-order valence-electron chi connectivity index (χ0n) is 33.1. The van der Waals surface area contributed by atoms with E-state index < -0.39 is 0 Å². The third-order valence-corrected chi connectivity index (χ3v) is 13.4. The minimum Gasteiger partial charge on any atom is -0.309 e. The van der Waals surface area contributed by atoms with Crippen LogP contribution in [0, 0.1) is 0 Å². The first-order chi connectivity index (χ1) is 29.7. The zero-order chi connectivity index (χ0) is 39.5. The summed E-state index contributed by atoms with van der Waals surface area (Å²) in [6, 6.07) is 71.7. The van der Waals surface area contributed by atoms with Gasteiger partial charge in [0.25, 0.3) is 0 Å². The molecule has 3 heterocycles. The Labute approximate surface area is 347 Å². The molecule has 0 bridgehead atoms. The van der Waals surface area contributed by atoms with Crippen LogP contribution in [0.4, 0.5) is 0 Å². The first kappa shape index (κ1) is 33.4. The van der Waals surface area contributed by atoms with E-state index in [9.17, 15) is 0 Å². The third-order valence-electron chi connectivity index (χ3n) is 13.4. The van der Waals surface area contributed by atoms with Crippen molar-refractivity contribution >= 4 is 82.1 Å². The number of hydrogen-bond donors (Lipinski definition) is 0. The Morgan fingerprint density at radius 3 is 1.60 bits per heavy atom. The van der Waals surface area contributed by atoms with Gasteiger partial charge in [-0.2, -0.15) is 0 Å². The van der Waals surface area contributed by atoms with Crippen molar-refractivity contribution < 1.29 is 0 Å². The highest BCUT2D eigenvalue weighted by Crippen LogP contribution is 2.48. The van der Waals surface area contributed by atoms with Gasteiger partial charge < -0.3 is 13.7 Å². The summed E-state index contributed by atoms with van der Waals surface area (Å²) >= 11 is 0. The number of aromatic nitrogens is 3. The van der Waals surface area contributed by atoms with E-state index in [1.54, 1.807) is 0 Å². The van der Waals surface area contributed by atoms with E-state index in [1.807, 2.05) is 0 Å². The summed E-state index contributed by atoms with van der Waals surface area (Å²) in [5, 5.41) is 11.4. The van der Waals surface area contributed by atoms with E-state index in [-0.39, 0.29) is 11.8 Å². The second-order valence-electron chi connectivity index (χ2n) is 16.5. The summed E-state index contributed by atoms with van der Waals surface area (Å²) < 4.78 is 7.45. The van der Waals surface area contributed by atoms with Gasteiger partial charge in [-0.15, -0.1) is 0 Å². The van der Waals surface area contributed by atoms with Gasteiger partial charge in [-0.25, -0.2) is 0 Å². The topological polar surface area (TPSA) is 14.8 Å². The van der Waals surface area contributed by atoms with Crippen molar-refractivity contribution in [3.63, 3.8) is 0 Å². The molecule has 282 valence electrons. The summed E-state index contributed by atoms with van der Waals surface area (Å²) in [4.78, 5) is 0. The average molecular weight is 766 g/mol. The maximum Gasteiger partial charge on any atom is 0.0549 e. The van der Waals surface area contributed by atoms with Crippen LogP contribution < -0.4 is 0 Å². The Kier molecular flexibility index (Phi) is 7.06. The van der Waals surface area contributed by atoms with Crippen molar-refractivity contribution in [3.8, 4) is 17.1 Å². The molecule has 0 saturated heterocycles. The van der Waals surface area contributed by atoms with E-state index in [0.717, 1.165) is 0 Å². The van der Waals surface area contributed by atoms with Gasteiger partial charge >= 0.3 is 0 Å². The molecule has 13 rings (SSSR count). The van der Waals surface area contributed by atoms with E-state index in [2.05, 4.69) is 227 Å². The molecule has 0 fully saturated rings. The molecule has 12 aromatic rings. The van der Waals surface area contributed by atoms with Crippen molar-refractivity contribution in [2.45, 2.75) is 18.8 Å². The predicted molar refractivity (Wildman–Crippen MR) is 254 cm³/mol. The SMILES string of the molecule is CC1c2c(n(-c3cccc4ccccc34)c3ccccc23)C=CC1c1ccc2c(c1)c1cc3c(cc1n2-c1cccc2ccccc12)c1ccccc1n3-c1ccccc1. The lowest BCUT2D eigenvalue weighted by Crippen LogP contribution is -2.12. The largest absolute Gasteiger partial charge is 0.309 e. The van der Waals surface area contributed by atoms with Crippen LogP contribution in [0.1, 0.15) is 35.6 Å². The number of rotatable bonds is 4. The maximum atomic E-state index is 2.51. The Morgan fingerprint density at radius 2 is 0.883 bits per heavy atom. The second-order valence-corrected chi connectivity index (χ2v) is 16.5. The lowest BCUT2D eigenvalue weighted by Gasteiger charge is -2.27. The standard InChI is InChI=1S/C57H39N3/c1-36-41(30-32-54-57(36)45-24-10-12-26-52(45)59(54)49-27-13-17-37-15-5-7-21-42(37)49)39-29-31-53-46(33-39)48-35-55-47(44-23-9-11-25-51(44)58(55)40-19-3-2-4-20-40)34-56(48)60(53)50-28-14-18-38-16-6-8-22-43(38)50/h2-36,41H,1H3. The molecule has 2 unspecified atom stereocenters. The monoisotopic (exact) mass is 765 g/mol. The number of benzene rings is 9. The van der Waals surface area contributed by atoms with Crippen LogP contribution in [0.5, 0.6) is 0 Å². The molecule has 3 aromatic heterocycles. The molecule has 0 N–H and O–H groups in total.